The van der Waals surface area contributed by atoms with Crippen LogP contribution in [0, 0.1) is 5.92 Å². The number of hydrogen-bond donors (Lipinski definition) is 1. The fourth-order valence-corrected chi connectivity index (χ4v) is 0.476. The van der Waals surface area contributed by atoms with Crippen LogP contribution >= 0.6 is 0 Å². The monoisotopic (exact) mass is 157 g/mol. The Morgan fingerprint density at radius 1 is 1.64 bits per heavy atom. The van der Waals surface area contributed by atoms with Crippen molar-refractivity contribution in [2.75, 3.05) is 6.61 Å². The van der Waals surface area contributed by atoms with Crippen LogP contribution in [0.5, 0.6) is 0 Å². The average Bonchev–Trinajstić information content (AvgIpc) is 1.82. The molecule has 0 aliphatic heterocycles. The smallest absolute Gasteiger partial charge is 0.332 e. The van der Waals surface area contributed by atoms with E-state index in [1.54, 1.807) is 6.92 Å². The summed E-state index contributed by atoms with van der Waals surface area (Å²) in [7, 11) is 0. The van der Waals surface area contributed by atoms with Crippen LogP contribution in [0.4, 0.5) is 0 Å². The molecule has 2 N–H and O–H groups in total. The minimum absolute atomic E-state index is 0.362. The van der Waals surface area contributed by atoms with E-state index in [4.69, 9.17) is 10.5 Å². The molecule has 0 saturated carbocycles. The lowest BCUT2D eigenvalue weighted by Crippen LogP contribution is -2.08. The van der Waals surface area contributed by atoms with Gasteiger partial charge in [-0.2, -0.15) is 0 Å². The number of hydrogen-bond acceptors (Lipinski definition) is 3. The van der Waals surface area contributed by atoms with Gasteiger partial charge in [-0.25, -0.2) is 4.79 Å². The van der Waals surface area contributed by atoms with E-state index >= 15 is 0 Å². The predicted octanol–water partition coefficient (Wildman–Crippen LogP) is 1.05. The van der Waals surface area contributed by atoms with E-state index in [0.29, 0.717) is 18.2 Å². The molecule has 0 aromatic heterocycles. The quantitative estimate of drug-likeness (QED) is 0.492. The van der Waals surface area contributed by atoms with Crippen molar-refractivity contribution in [1.29, 1.82) is 0 Å². The number of rotatable bonds is 3. The largest absolute Gasteiger partial charge is 0.462 e. The minimum atomic E-state index is -0.362. The van der Waals surface area contributed by atoms with Crippen LogP contribution < -0.4 is 5.73 Å². The van der Waals surface area contributed by atoms with Crippen molar-refractivity contribution < 1.29 is 9.53 Å². The summed E-state index contributed by atoms with van der Waals surface area (Å²) < 4.78 is 4.82. The van der Waals surface area contributed by atoms with Gasteiger partial charge in [-0.1, -0.05) is 13.8 Å². The van der Waals surface area contributed by atoms with Gasteiger partial charge in [0.15, 0.2) is 0 Å². The van der Waals surface area contributed by atoms with Gasteiger partial charge in [-0.15, -0.1) is 0 Å². The maximum atomic E-state index is 10.8. The Morgan fingerprint density at radius 2 is 2.18 bits per heavy atom. The summed E-state index contributed by atoms with van der Waals surface area (Å²) in [6.45, 7) is 6.05. The fraction of sp³-hybridized carbons (Fsp3) is 0.625. The fourth-order valence-electron chi connectivity index (χ4n) is 0.476. The van der Waals surface area contributed by atoms with Gasteiger partial charge in [0.05, 0.1) is 6.61 Å². The average molecular weight is 157 g/mol. The third-order valence-corrected chi connectivity index (χ3v) is 0.904. The van der Waals surface area contributed by atoms with Crippen molar-refractivity contribution in [2.45, 2.75) is 20.8 Å². The van der Waals surface area contributed by atoms with Crippen molar-refractivity contribution in [2.24, 2.45) is 11.7 Å². The summed E-state index contributed by atoms with van der Waals surface area (Å²) in [5, 5.41) is 0. The summed E-state index contributed by atoms with van der Waals surface area (Å²) in [6, 6.07) is 0. The summed E-state index contributed by atoms with van der Waals surface area (Å²) in [5.41, 5.74) is 5.73. The molecule has 0 bridgehead atoms. The molecule has 0 aliphatic rings. The predicted molar refractivity (Wildman–Crippen MR) is 43.7 cm³/mol. The second-order valence-electron chi connectivity index (χ2n) is 2.91. The topological polar surface area (TPSA) is 52.3 Å². The Labute approximate surface area is 67.2 Å². The van der Waals surface area contributed by atoms with Gasteiger partial charge in [0.25, 0.3) is 0 Å². The Hall–Kier alpha value is -0.990. The number of esters is 1. The van der Waals surface area contributed by atoms with Crippen molar-refractivity contribution in [3.63, 3.8) is 0 Å². The van der Waals surface area contributed by atoms with Crippen LogP contribution in [-0.4, -0.2) is 12.6 Å². The van der Waals surface area contributed by atoms with Crippen LogP contribution in [0.15, 0.2) is 11.8 Å². The Balaban J connectivity index is 3.63. The van der Waals surface area contributed by atoms with Crippen molar-refractivity contribution >= 4 is 5.97 Å². The van der Waals surface area contributed by atoms with Gasteiger partial charge in [0.1, 0.15) is 0 Å². The van der Waals surface area contributed by atoms with Gasteiger partial charge in [0.2, 0.25) is 0 Å². The lowest BCUT2D eigenvalue weighted by Gasteiger charge is -2.03. The number of carbonyl (C=O) groups excluding carboxylic acids is 1. The highest BCUT2D eigenvalue weighted by atomic mass is 16.5. The first kappa shape index (κ1) is 10.0. The second kappa shape index (κ2) is 4.77. The maximum absolute atomic E-state index is 10.8. The highest BCUT2D eigenvalue weighted by molar-refractivity contribution is 5.82. The molecule has 0 fully saturated rings. The molecule has 0 aromatic rings. The Bertz CT molecular complexity index is 157. The third kappa shape index (κ3) is 6.90. The van der Waals surface area contributed by atoms with E-state index in [1.165, 1.54) is 6.08 Å². The molecule has 3 heteroatoms. The van der Waals surface area contributed by atoms with Crippen molar-refractivity contribution in [3.05, 3.63) is 11.8 Å². The number of carbonyl (C=O) groups is 1. The zero-order valence-electron chi connectivity index (χ0n) is 7.26. The second-order valence-corrected chi connectivity index (χ2v) is 2.91. The molecule has 0 radical (unpaired) electrons. The first-order valence-electron chi connectivity index (χ1n) is 3.63. The van der Waals surface area contributed by atoms with E-state index in [1.807, 2.05) is 13.8 Å². The van der Waals surface area contributed by atoms with Crippen LogP contribution in [0.2, 0.25) is 0 Å². The molecule has 0 atom stereocenters. The van der Waals surface area contributed by atoms with Crippen LogP contribution in [-0.2, 0) is 9.53 Å². The summed E-state index contributed by atoms with van der Waals surface area (Å²) in [4.78, 5) is 10.8. The van der Waals surface area contributed by atoms with Crippen LogP contribution in [0.1, 0.15) is 20.8 Å². The van der Waals surface area contributed by atoms with Crippen molar-refractivity contribution in [1.82, 2.24) is 0 Å². The van der Waals surface area contributed by atoms with Crippen LogP contribution in [0.25, 0.3) is 0 Å². The Kier molecular flexibility index (Phi) is 4.34. The normalized spacial score (nSPS) is 11.8. The highest BCUT2D eigenvalue weighted by Crippen LogP contribution is 1.94. The molecule has 0 saturated heterocycles. The molecule has 0 unspecified atom stereocenters. The van der Waals surface area contributed by atoms with Gasteiger partial charge in [-0.05, 0) is 12.8 Å². The lowest BCUT2D eigenvalue weighted by molar-refractivity contribution is -0.138. The summed E-state index contributed by atoms with van der Waals surface area (Å²) in [5.74, 6) is 0.00382. The number of ether oxygens (including phenoxy) is 1. The van der Waals surface area contributed by atoms with E-state index in [2.05, 4.69) is 0 Å². The zero-order chi connectivity index (χ0) is 8.85. The molecular weight excluding hydrogens is 142 g/mol. The van der Waals surface area contributed by atoms with E-state index in [-0.39, 0.29) is 5.97 Å². The maximum Gasteiger partial charge on any atom is 0.332 e. The van der Waals surface area contributed by atoms with Gasteiger partial charge in [0, 0.05) is 11.8 Å². The van der Waals surface area contributed by atoms with E-state index in [0.717, 1.165) is 0 Å². The highest BCUT2D eigenvalue weighted by Gasteiger charge is 1.99. The van der Waals surface area contributed by atoms with E-state index < -0.39 is 0 Å². The van der Waals surface area contributed by atoms with Gasteiger partial charge >= 0.3 is 5.97 Å². The first-order chi connectivity index (χ1) is 5.02. The molecule has 64 valence electrons. The summed E-state index contributed by atoms with van der Waals surface area (Å²) >= 11 is 0. The third-order valence-electron chi connectivity index (χ3n) is 0.904. The molecule has 11 heavy (non-hydrogen) atoms. The summed E-state index contributed by atoms with van der Waals surface area (Å²) in [6.07, 6.45) is 1.28. The molecule has 0 rings (SSSR count). The zero-order valence-corrected chi connectivity index (χ0v) is 7.26. The molecule has 0 spiro atoms. The SMILES string of the molecule is C/C(N)=C/C(=O)OCC(C)C. The number of nitrogens with two attached hydrogens (primary N) is 1. The van der Waals surface area contributed by atoms with Crippen molar-refractivity contribution in [3.8, 4) is 0 Å². The van der Waals surface area contributed by atoms with E-state index in [9.17, 15) is 4.79 Å². The molecule has 0 amide bonds. The molecular formula is C8H15NO2. The molecule has 0 heterocycles. The molecule has 0 aromatic carbocycles. The van der Waals surface area contributed by atoms with Crippen LogP contribution in [0.3, 0.4) is 0 Å². The Morgan fingerprint density at radius 3 is 2.55 bits per heavy atom. The first-order valence-corrected chi connectivity index (χ1v) is 3.63. The van der Waals surface area contributed by atoms with Gasteiger partial charge < -0.3 is 10.5 Å². The minimum Gasteiger partial charge on any atom is -0.462 e. The lowest BCUT2D eigenvalue weighted by atomic mass is 10.2. The standard InChI is InChI=1S/C8H15NO2/c1-6(2)5-11-8(10)4-7(3)9/h4,6H,5,9H2,1-3H3/b7-4-. The molecule has 3 nitrogen and oxygen atoms in total. The van der Waals surface area contributed by atoms with Gasteiger partial charge in [-0.3, -0.25) is 0 Å². The molecule has 0 aliphatic carbocycles. The number of allylic oxidation sites excluding steroid dienone is 1.